The van der Waals surface area contributed by atoms with Gasteiger partial charge in [0.15, 0.2) is 0 Å². The van der Waals surface area contributed by atoms with Crippen molar-refractivity contribution in [1.82, 2.24) is 25.8 Å². The van der Waals surface area contributed by atoms with Crippen LogP contribution in [-0.2, 0) is 12.7 Å². The third-order valence-electron chi connectivity index (χ3n) is 6.70. The molecule has 1 aliphatic heterocycles. The Morgan fingerprint density at radius 1 is 1.12 bits per heavy atom. The number of hydrazine groups is 2. The van der Waals surface area contributed by atoms with E-state index < -0.39 is 23.5 Å². The highest BCUT2D eigenvalue weighted by Gasteiger charge is 2.36. The number of rotatable bonds is 7. The predicted molar refractivity (Wildman–Crippen MR) is 150 cm³/mol. The summed E-state index contributed by atoms with van der Waals surface area (Å²) in [6, 6.07) is 10.7. The number of aromatic nitrogens is 2. The molecule has 214 valence electrons. The number of pyridine rings is 1. The molecule has 0 saturated heterocycles. The van der Waals surface area contributed by atoms with E-state index in [1.807, 2.05) is 43.5 Å². The number of alkyl halides is 3. The number of hydrogen-bond donors (Lipinski definition) is 4. The number of halogens is 4. The molecule has 0 saturated carbocycles. The molecule has 4 N–H and O–H groups in total. The lowest BCUT2D eigenvalue weighted by Gasteiger charge is -2.26. The predicted octanol–water partition coefficient (Wildman–Crippen LogP) is 5.95. The van der Waals surface area contributed by atoms with Crippen LogP contribution < -0.4 is 21.1 Å². The lowest BCUT2D eigenvalue weighted by molar-refractivity contribution is -0.140. The van der Waals surface area contributed by atoms with Gasteiger partial charge in [-0.3, -0.25) is 15.2 Å². The number of anilines is 2. The largest absolute Gasteiger partial charge is 0.419 e. The van der Waals surface area contributed by atoms with Gasteiger partial charge in [-0.05, 0) is 48.9 Å². The number of nitrogens with zero attached hydrogens (tertiary/aromatic N) is 3. The van der Waals surface area contributed by atoms with Gasteiger partial charge >= 0.3 is 6.18 Å². The number of carbonyl (C=O) groups is 1. The van der Waals surface area contributed by atoms with E-state index >= 15 is 0 Å². The second kappa shape index (κ2) is 10.9. The van der Waals surface area contributed by atoms with E-state index in [9.17, 15) is 22.4 Å². The van der Waals surface area contributed by atoms with Gasteiger partial charge in [0.2, 0.25) is 0 Å². The van der Waals surface area contributed by atoms with Crippen LogP contribution in [0.25, 0.3) is 16.7 Å². The van der Waals surface area contributed by atoms with Crippen molar-refractivity contribution in [3.05, 3.63) is 94.7 Å². The fourth-order valence-electron chi connectivity index (χ4n) is 4.53. The summed E-state index contributed by atoms with van der Waals surface area (Å²) in [6.07, 6.45) is 0.500. The summed E-state index contributed by atoms with van der Waals surface area (Å²) in [4.78, 5) is 20.7. The van der Waals surface area contributed by atoms with Crippen molar-refractivity contribution in [1.29, 1.82) is 0 Å². The molecule has 0 unspecified atom stereocenters. The molecular formula is C29H29F4N7O. The van der Waals surface area contributed by atoms with Crippen molar-refractivity contribution < 1.29 is 22.4 Å². The minimum atomic E-state index is -4.92. The Balaban J connectivity index is 1.42. The number of fused-ring (bicyclic) bond motifs is 1. The van der Waals surface area contributed by atoms with E-state index in [-0.39, 0.29) is 29.4 Å². The molecular weight excluding hydrogens is 538 g/mol. The maximum absolute atomic E-state index is 14.7. The molecule has 2 aromatic carbocycles. The first-order chi connectivity index (χ1) is 19.4. The topological polar surface area (TPSA) is 88.3 Å². The van der Waals surface area contributed by atoms with Crippen LogP contribution in [0.4, 0.5) is 28.9 Å². The number of carbonyl (C=O) groups excluding carboxylic acids is 1. The molecule has 5 rings (SSSR count). The zero-order valence-corrected chi connectivity index (χ0v) is 22.8. The van der Waals surface area contributed by atoms with Gasteiger partial charge in [-0.15, -0.1) is 5.12 Å². The number of benzene rings is 2. The number of amides is 1. The van der Waals surface area contributed by atoms with Crippen molar-refractivity contribution in [2.24, 2.45) is 0 Å². The molecule has 12 heteroatoms. The molecule has 1 aliphatic rings. The number of hydrogen-bond acceptors (Lipinski definition) is 6. The third kappa shape index (κ3) is 5.88. The van der Waals surface area contributed by atoms with Crippen LogP contribution in [0.2, 0.25) is 0 Å². The van der Waals surface area contributed by atoms with E-state index in [2.05, 4.69) is 26.0 Å². The second-order valence-electron chi connectivity index (χ2n) is 10.1. The van der Waals surface area contributed by atoms with Crippen LogP contribution in [0.5, 0.6) is 0 Å². The fourth-order valence-corrected chi connectivity index (χ4v) is 4.53. The molecule has 41 heavy (non-hydrogen) atoms. The Kier molecular flexibility index (Phi) is 7.45. The first-order valence-corrected chi connectivity index (χ1v) is 12.9. The van der Waals surface area contributed by atoms with Crippen molar-refractivity contribution in [3.8, 4) is 0 Å². The lowest BCUT2D eigenvalue weighted by atomic mass is 10.1. The molecule has 8 nitrogen and oxygen atoms in total. The van der Waals surface area contributed by atoms with Crippen molar-refractivity contribution in [2.45, 2.75) is 39.5 Å². The third-order valence-corrected chi connectivity index (χ3v) is 6.70. The van der Waals surface area contributed by atoms with Crippen LogP contribution in [0.15, 0.2) is 61.1 Å². The number of nitrogens with one attached hydrogen (secondary N) is 4. The first kappa shape index (κ1) is 28.1. The molecule has 3 heterocycles. The van der Waals surface area contributed by atoms with E-state index in [1.54, 1.807) is 43.4 Å². The molecule has 2 aromatic heterocycles. The summed E-state index contributed by atoms with van der Waals surface area (Å²) in [6.45, 7) is 5.35. The van der Waals surface area contributed by atoms with Crippen LogP contribution in [0, 0.1) is 12.7 Å². The van der Waals surface area contributed by atoms with Crippen LogP contribution in [0.1, 0.15) is 46.5 Å². The van der Waals surface area contributed by atoms with Gasteiger partial charge in [-0.1, -0.05) is 19.9 Å². The van der Waals surface area contributed by atoms with Crippen molar-refractivity contribution in [2.75, 3.05) is 17.4 Å². The number of H-pyrrole nitrogens is 1. The summed E-state index contributed by atoms with van der Waals surface area (Å²) in [5.74, 6) is -1.99. The molecule has 0 aliphatic carbocycles. The molecule has 4 aromatic rings. The summed E-state index contributed by atoms with van der Waals surface area (Å²) in [5.41, 5.74) is 5.66. The monoisotopic (exact) mass is 567 g/mol. The molecule has 0 bridgehead atoms. The highest BCUT2D eigenvalue weighted by molar-refractivity contribution is 6.05. The molecule has 0 atom stereocenters. The molecule has 0 fully saturated rings. The van der Waals surface area contributed by atoms with Gasteiger partial charge in [0.25, 0.3) is 5.91 Å². The molecule has 0 spiro atoms. The zero-order chi connectivity index (χ0) is 29.5. The first-order valence-electron chi connectivity index (χ1n) is 12.9. The maximum Gasteiger partial charge on any atom is 0.419 e. The van der Waals surface area contributed by atoms with E-state index in [1.165, 1.54) is 6.07 Å². The number of aryl methyl sites for hydroxylation is 1. The van der Waals surface area contributed by atoms with E-state index in [4.69, 9.17) is 0 Å². The summed E-state index contributed by atoms with van der Waals surface area (Å²) < 4.78 is 55.4. The normalized spacial score (nSPS) is 14.1. The Hall–Kier alpha value is -4.42. The highest BCUT2D eigenvalue weighted by atomic mass is 19.4. The van der Waals surface area contributed by atoms with Crippen LogP contribution in [-0.4, -0.2) is 34.1 Å². The van der Waals surface area contributed by atoms with Crippen molar-refractivity contribution in [3.63, 3.8) is 0 Å². The van der Waals surface area contributed by atoms with Gasteiger partial charge in [-0.2, -0.15) is 13.2 Å². The Labute approximate surface area is 234 Å². The average molecular weight is 568 g/mol. The standard InChI is InChI=1S/C29H29F4N7O/c1-16(2)35-14-21-10-22(12-23(26(21)30)29(31,32)33)37-28(41)19-6-5-17(3)25(11-19)40-15-24(38-39(40)4)20-9-18-7-8-34-27(18)36-13-20/h5-13,15-16,35,38H,14H2,1-4H3,(H,34,36)(H,37,41). The minimum Gasteiger partial charge on any atom is -0.346 e. The smallest absolute Gasteiger partial charge is 0.346 e. The lowest BCUT2D eigenvalue weighted by Crippen LogP contribution is -2.39. The summed E-state index contributed by atoms with van der Waals surface area (Å²) in [7, 11) is 1.81. The quantitative estimate of drug-likeness (QED) is 0.207. The average Bonchev–Trinajstić information content (AvgIpc) is 3.54. The van der Waals surface area contributed by atoms with Gasteiger partial charge in [0, 0.05) is 66.0 Å². The second-order valence-corrected chi connectivity index (χ2v) is 10.1. The SMILES string of the molecule is Cc1ccc(C(=O)Nc2cc(CNC(C)C)c(F)c(C(F)(F)F)c2)cc1N1C=C(c2cnc3[nH]ccc3c2)NN1C. The van der Waals surface area contributed by atoms with Gasteiger partial charge in [-0.25, -0.2) is 9.37 Å². The van der Waals surface area contributed by atoms with E-state index in [0.29, 0.717) is 11.8 Å². The maximum atomic E-state index is 14.7. The minimum absolute atomic E-state index is 0.0754. The van der Waals surface area contributed by atoms with Gasteiger partial charge in [0.1, 0.15) is 11.5 Å². The van der Waals surface area contributed by atoms with Crippen molar-refractivity contribution >= 4 is 34.0 Å². The van der Waals surface area contributed by atoms with Gasteiger partial charge < -0.3 is 15.6 Å². The Morgan fingerprint density at radius 3 is 2.63 bits per heavy atom. The fraction of sp³-hybridized carbons (Fsp3) is 0.241. The molecule has 0 radical (unpaired) electrons. The van der Waals surface area contributed by atoms with Crippen LogP contribution >= 0.6 is 0 Å². The Bertz CT molecular complexity index is 1640. The van der Waals surface area contributed by atoms with Crippen LogP contribution in [0.3, 0.4) is 0 Å². The summed E-state index contributed by atoms with van der Waals surface area (Å²) in [5, 5.41) is 9.95. The number of aromatic amines is 1. The summed E-state index contributed by atoms with van der Waals surface area (Å²) >= 11 is 0. The van der Waals surface area contributed by atoms with Gasteiger partial charge in [0.05, 0.1) is 16.9 Å². The Morgan fingerprint density at radius 2 is 1.90 bits per heavy atom. The highest BCUT2D eigenvalue weighted by Crippen LogP contribution is 2.35. The van der Waals surface area contributed by atoms with E-state index in [0.717, 1.165) is 27.9 Å². The zero-order valence-electron chi connectivity index (χ0n) is 22.8. The molecule has 1 amide bonds.